The van der Waals surface area contributed by atoms with Gasteiger partial charge < -0.3 is 9.58 Å². The normalized spacial score (nSPS) is 21.0. The number of rotatable bonds is 5. The smallest absolute Gasteiger partial charge is 0.312 e. The molecule has 1 aliphatic rings. The number of likely N-dealkylation sites (tertiary alicyclic amines) is 1. The van der Waals surface area contributed by atoms with Crippen molar-refractivity contribution in [1.29, 1.82) is 0 Å². The van der Waals surface area contributed by atoms with Crippen molar-refractivity contribution in [2.75, 3.05) is 13.2 Å². The van der Waals surface area contributed by atoms with Gasteiger partial charge in [0.1, 0.15) is 12.4 Å². The highest BCUT2D eigenvalue weighted by molar-refractivity contribution is 6.01. The maximum atomic E-state index is 12.2. The molecule has 0 radical (unpaired) electrons. The van der Waals surface area contributed by atoms with Crippen LogP contribution in [-0.4, -0.2) is 35.9 Å². The van der Waals surface area contributed by atoms with Crippen LogP contribution in [0.25, 0.3) is 10.4 Å². The second-order valence-electron chi connectivity index (χ2n) is 5.79. The van der Waals surface area contributed by atoms with Gasteiger partial charge in [0, 0.05) is 12.3 Å². The molecule has 1 aromatic rings. The standard InChI is InChI=1S/C18H20N2O3/c1-12(2)14-5-7-15(8-6-14)23-10-9-20-16(21)11-13(3)17(19-4)18(20)22/h5-8,13,17H,1,9-11H2,2-3H3. The summed E-state index contributed by atoms with van der Waals surface area (Å²) in [6, 6.07) is 6.71. The average Bonchev–Trinajstić information content (AvgIpc) is 2.51. The zero-order valence-corrected chi connectivity index (χ0v) is 13.4. The number of hydrogen-bond donors (Lipinski definition) is 0. The minimum Gasteiger partial charge on any atom is -0.492 e. The van der Waals surface area contributed by atoms with E-state index < -0.39 is 11.9 Å². The minimum atomic E-state index is -0.762. The molecule has 1 fully saturated rings. The minimum absolute atomic E-state index is 0.165. The molecule has 23 heavy (non-hydrogen) atoms. The van der Waals surface area contributed by atoms with Gasteiger partial charge in [-0.2, -0.15) is 0 Å². The number of allylic oxidation sites excluding steroid dienone is 1. The number of amides is 2. The van der Waals surface area contributed by atoms with Gasteiger partial charge in [0.25, 0.3) is 0 Å². The predicted molar refractivity (Wildman–Crippen MR) is 87.5 cm³/mol. The number of nitrogens with zero attached hydrogens (tertiary/aromatic N) is 2. The molecule has 1 aromatic carbocycles. The molecule has 2 amide bonds. The summed E-state index contributed by atoms with van der Waals surface area (Å²) < 4.78 is 5.58. The number of ether oxygens (including phenoxy) is 1. The van der Waals surface area contributed by atoms with Crippen molar-refractivity contribution >= 4 is 17.4 Å². The van der Waals surface area contributed by atoms with Crippen molar-refractivity contribution in [1.82, 2.24) is 4.90 Å². The van der Waals surface area contributed by atoms with Crippen LogP contribution < -0.4 is 4.74 Å². The molecule has 0 bridgehead atoms. The number of benzene rings is 1. The summed E-state index contributed by atoms with van der Waals surface area (Å²) in [4.78, 5) is 28.6. The van der Waals surface area contributed by atoms with Crippen LogP contribution in [0, 0.1) is 12.5 Å². The Bertz CT molecular complexity index is 658. The summed E-state index contributed by atoms with van der Waals surface area (Å²) in [6.45, 7) is 15.0. The van der Waals surface area contributed by atoms with E-state index in [-0.39, 0.29) is 31.4 Å². The lowest BCUT2D eigenvalue weighted by Gasteiger charge is -2.28. The summed E-state index contributed by atoms with van der Waals surface area (Å²) >= 11 is 0. The maximum absolute atomic E-state index is 12.2. The zero-order chi connectivity index (χ0) is 17.0. The SMILES string of the molecule is [C-]#[N+]C1C(=O)N(CCOc2ccc(C(=C)C)cc2)C(=O)CC1C. The molecule has 0 saturated carbocycles. The summed E-state index contributed by atoms with van der Waals surface area (Å²) in [5.41, 5.74) is 2.01. The second-order valence-corrected chi connectivity index (χ2v) is 5.79. The molecule has 0 spiro atoms. The number of carbonyl (C=O) groups is 2. The fourth-order valence-electron chi connectivity index (χ4n) is 2.53. The van der Waals surface area contributed by atoms with E-state index in [1.54, 1.807) is 6.92 Å². The van der Waals surface area contributed by atoms with Crippen molar-refractivity contribution in [2.24, 2.45) is 5.92 Å². The molecule has 5 nitrogen and oxygen atoms in total. The van der Waals surface area contributed by atoms with E-state index in [0.29, 0.717) is 5.75 Å². The Labute approximate surface area is 136 Å². The van der Waals surface area contributed by atoms with E-state index in [2.05, 4.69) is 11.4 Å². The third-order valence-electron chi connectivity index (χ3n) is 3.93. The monoisotopic (exact) mass is 312 g/mol. The highest BCUT2D eigenvalue weighted by Crippen LogP contribution is 2.22. The number of hydrogen-bond acceptors (Lipinski definition) is 3. The van der Waals surface area contributed by atoms with Gasteiger partial charge in [0.15, 0.2) is 0 Å². The summed E-state index contributed by atoms with van der Waals surface area (Å²) in [7, 11) is 0. The van der Waals surface area contributed by atoms with E-state index >= 15 is 0 Å². The average molecular weight is 312 g/mol. The van der Waals surface area contributed by atoms with Crippen LogP contribution in [0.3, 0.4) is 0 Å². The number of piperidine rings is 1. The first-order valence-electron chi connectivity index (χ1n) is 7.53. The second kappa shape index (κ2) is 7.10. The Morgan fingerprint density at radius 3 is 2.61 bits per heavy atom. The van der Waals surface area contributed by atoms with Crippen LogP contribution in [0.5, 0.6) is 5.75 Å². The molecule has 0 N–H and O–H groups in total. The Morgan fingerprint density at radius 2 is 2.04 bits per heavy atom. The molecule has 0 aliphatic carbocycles. The third-order valence-corrected chi connectivity index (χ3v) is 3.93. The summed E-state index contributed by atoms with van der Waals surface area (Å²) in [5.74, 6) is -0.199. The molecule has 2 atom stereocenters. The molecule has 5 heteroatoms. The molecule has 0 aromatic heterocycles. The van der Waals surface area contributed by atoms with Gasteiger partial charge in [0.05, 0.1) is 6.54 Å². The highest BCUT2D eigenvalue weighted by atomic mass is 16.5. The molecule has 1 heterocycles. The molecule has 2 unspecified atom stereocenters. The zero-order valence-electron chi connectivity index (χ0n) is 13.4. The molecule has 1 aliphatic heterocycles. The quantitative estimate of drug-likeness (QED) is 0.620. The van der Waals surface area contributed by atoms with Gasteiger partial charge in [-0.05, 0) is 24.6 Å². The first-order valence-corrected chi connectivity index (χ1v) is 7.53. The summed E-state index contributed by atoms with van der Waals surface area (Å²) in [5, 5.41) is 0. The number of imide groups is 1. The van der Waals surface area contributed by atoms with Gasteiger partial charge >= 0.3 is 11.9 Å². The van der Waals surface area contributed by atoms with Crippen LogP contribution in [-0.2, 0) is 9.59 Å². The van der Waals surface area contributed by atoms with Crippen molar-refractivity contribution < 1.29 is 14.3 Å². The first kappa shape index (κ1) is 16.8. The lowest BCUT2D eigenvalue weighted by molar-refractivity contribution is -0.150. The largest absolute Gasteiger partial charge is 0.492 e. The Morgan fingerprint density at radius 1 is 1.39 bits per heavy atom. The van der Waals surface area contributed by atoms with Gasteiger partial charge in [-0.15, -0.1) is 0 Å². The van der Waals surface area contributed by atoms with Crippen LogP contribution >= 0.6 is 0 Å². The van der Waals surface area contributed by atoms with Gasteiger partial charge in [-0.1, -0.05) is 31.2 Å². The fraction of sp³-hybridized carbons (Fsp3) is 0.389. The van der Waals surface area contributed by atoms with Crippen LogP contribution in [0.1, 0.15) is 25.8 Å². The van der Waals surface area contributed by atoms with Crippen molar-refractivity contribution in [2.45, 2.75) is 26.3 Å². The molecule has 120 valence electrons. The first-order chi connectivity index (χ1) is 10.9. The maximum Gasteiger partial charge on any atom is 0.312 e. The molecular formula is C18H20N2O3. The van der Waals surface area contributed by atoms with Crippen LogP contribution in [0.15, 0.2) is 30.8 Å². The van der Waals surface area contributed by atoms with Crippen molar-refractivity contribution in [3.05, 3.63) is 47.8 Å². The van der Waals surface area contributed by atoms with Crippen molar-refractivity contribution in [3.63, 3.8) is 0 Å². The highest BCUT2D eigenvalue weighted by Gasteiger charge is 2.43. The lowest BCUT2D eigenvalue weighted by Crippen LogP contribution is -2.51. The van der Waals surface area contributed by atoms with Gasteiger partial charge in [-0.3, -0.25) is 14.5 Å². The summed E-state index contributed by atoms with van der Waals surface area (Å²) in [6.07, 6.45) is 0.228. The van der Waals surface area contributed by atoms with Gasteiger partial charge in [-0.25, -0.2) is 6.57 Å². The molecular weight excluding hydrogens is 292 g/mol. The number of carbonyl (C=O) groups excluding carboxylic acids is 2. The van der Waals surface area contributed by atoms with Crippen LogP contribution in [0.2, 0.25) is 0 Å². The molecule has 2 rings (SSSR count). The van der Waals surface area contributed by atoms with Crippen LogP contribution in [0.4, 0.5) is 0 Å². The Kier molecular flexibility index (Phi) is 5.17. The topological polar surface area (TPSA) is 51.0 Å². The lowest BCUT2D eigenvalue weighted by atomic mass is 9.93. The fourth-order valence-corrected chi connectivity index (χ4v) is 2.53. The van der Waals surface area contributed by atoms with Gasteiger partial charge in [0.2, 0.25) is 5.91 Å². The predicted octanol–water partition coefficient (Wildman–Crippen LogP) is 2.78. The van der Waals surface area contributed by atoms with E-state index in [4.69, 9.17) is 11.3 Å². The third kappa shape index (κ3) is 3.78. The van der Waals surface area contributed by atoms with E-state index in [1.165, 1.54) is 0 Å². The van der Waals surface area contributed by atoms with E-state index in [1.807, 2.05) is 31.2 Å². The Balaban J connectivity index is 1.92. The van der Waals surface area contributed by atoms with E-state index in [0.717, 1.165) is 16.0 Å². The van der Waals surface area contributed by atoms with Crippen molar-refractivity contribution in [3.8, 4) is 5.75 Å². The molecule has 1 saturated heterocycles. The Hall–Kier alpha value is -2.61. The van der Waals surface area contributed by atoms with E-state index in [9.17, 15) is 9.59 Å².